The molecule has 0 fully saturated rings. The molecule has 0 aliphatic rings. The second kappa shape index (κ2) is 7.73. The molecule has 11 heavy (non-hydrogen) atoms. The lowest BCUT2D eigenvalue weighted by atomic mass is 10.2. The average Bonchev–Trinajstić information content (AvgIpc) is 2.03. The van der Waals surface area contributed by atoms with E-state index in [-0.39, 0.29) is 6.10 Å². The quantitative estimate of drug-likeness (QED) is 0.417. The van der Waals surface area contributed by atoms with Crippen LogP contribution in [0.3, 0.4) is 0 Å². The highest BCUT2D eigenvalue weighted by atomic mass is 16.5. The lowest BCUT2D eigenvalue weighted by molar-refractivity contribution is -0.118. The van der Waals surface area contributed by atoms with Gasteiger partial charge in [0.25, 0.3) is 0 Å². The van der Waals surface area contributed by atoms with E-state index in [1.807, 2.05) is 0 Å². The molecule has 2 heteroatoms. The van der Waals surface area contributed by atoms with E-state index in [9.17, 15) is 4.79 Å². The van der Waals surface area contributed by atoms with Crippen LogP contribution in [0.15, 0.2) is 0 Å². The normalized spacial score (nSPS) is 12.9. The predicted molar refractivity (Wildman–Crippen MR) is 45.3 cm³/mol. The third kappa shape index (κ3) is 6.05. The zero-order chi connectivity index (χ0) is 8.53. The third-order valence-corrected chi connectivity index (χ3v) is 1.47. The Labute approximate surface area is 68.9 Å². The van der Waals surface area contributed by atoms with Gasteiger partial charge in [-0.15, -0.1) is 0 Å². The van der Waals surface area contributed by atoms with Gasteiger partial charge in [-0.2, -0.15) is 0 Å². The van der Waals surface area contributed by atoms with Crippen LogP contribution in [0.25, 0.3) is 0 Å². The molecule has 2 nitrogen and oxygen atoms in total. The minimum absolute atomic E-state index is 0.223. The van der Waals surface area contributed by atoms with Crippen LogP contribution in [0.2, 0.25) is 0 Å². The molecule has 1 unspecified atom stereocenters. The number of carbonyl (C=O) groups excluding carboxylic acids is 1. The second-order valence-electron chi connectivity index (χ2n) is 2.54. The number of aldehydes is 1. The van der Waals surface area contributed by atoms with Gasteiger partial charge in [-0.05, 0) is 12.8 Å². The largest absolute Gasteiger partial charge is 0.371 e. The number of hydrogen-bond donors (Lipinski definition) is 0. The second-order valence-corrected chi connectivity index (χ2v) is 2.54. The summed E-state index contributed by atoms with van der Waals surface area (Å²) in [6.07, 6.45) is 4.28. The molecule has 0 N–H and O–H groups in total. The molecule has 0 aliphatic heterocycles. The van der Waals surface area contributed by atoms with E-state index < -0.39 is 0 Å². The van der Waals surface area contributed by atoms with Gasteiger partial charge < -0.3 is 9.53 Å². The Hall–Kier alpha value is -0.370. The predicted octanol–water partition coefficient (Wildman–Crippen LogP) is 1.98. The Morgan fingerprint density at radius 2 is 2.36 bits per heavy atom. The van der Waals surface area contributed by atoms with Gasteiger partial charge in [0.2, 0.25) is 0 Å². The number of ether oxygens (including phenoxy) is 1. The van der Waals surface area contributed by atoms with Gasteiger partial charge in [0.1, 0.15) is 12.4 Å². The van der Waals surface area contributed by atoms with E-state index in [2.05, 4.69) is 13.8 Å². The molecule has 0 aromatic rings. The van der Waals surface area contributed by atoms with Gasteiger partial charge in [0.05, 0.1) is 0 Å². The zero-order valence-corrected chi connectivity index (χ0v) is 7.21. The maximum atomic E-state index is 10.3. The first kappa shape index (κ1) is 10.6. The molecule has 1 radical (unpaired) electrons. The number of unbranched alkanes of at least 4 members (excludes halogenated alkanes) is 1. The van der Waals surface area contributed by atoms with Crippen LogP contribution in [0.4, 0.5) is 0 Å². The van der Waals surface area contributed by atoms with Gasteiger partial charge >= 0.3 is 0 Å². The molecule has 0 aliphatic carbocycles. The number of hydrogen-bond acceptors (Lipinski definition) is 2. The van der Waals surface area contributed by atoms with Crippen LogP contribution >= 0.6 is 0 Å². The fourth-order valence-corrected chi connectivity index (χ4v) is 0.771. The summed E-state index contributed by atoms with van der Waals surface area (Å²) in [7, 11) is 0. The van der Waals surface area contributed by atoms with Crippen molar-refractivity contribution in [1.82, 2.24) is 0 Å². The standard InChI is InChI=1S/C9H17O2/c1-3-5-7-11-9(8-10)6-4-2/h8-9H,2-7H2,1H3. The Kier molecular flexibility index (Phi) is 7.47. The molecule has 0 aromatic carbocycles. The molecular formula is C9H17O2. The summed E-state index contributed by atoms with van der Waals surface area (Å²) in [6, 6.07) is 0. The van der Waals surface area contributed by atoms with Crippen molar-refractivity contribution in [1.29, 1.82) is 0 Å². The van der Waals surface area contributed by atoms with Crippen molar-refractivity contribution in [2.45, 2.75) is 38.7 Å². The molecule has 65 valence electrons. The maximum Gasteiger partial charge on any atom is 0.148 e. The Bertz CT molecular complexity index is 91.6. The van der Waals surface area contributed by atoms with Crippen LogP contribution < -0.4 is 0 Å². The minimum atomic E-state index is -0.223. The first-order chi connectivity index (χ1) is 5.35. The summed E-state index contributed by atoms with van der Waals surface area (Å²) in [5.74, 6) is 0. The lowest BCUT2D eigenvalue weighted by Crippen LogP contribution is -2.14. The van der Waals surface area contributed by atoms with E-state index in [0.29, 0.717) is 6.61 Å². The average molecular weight is 157 g/mol. The summed E-state index contributed by atoms with van der Waals surface area (Å²) in [5.41, 5.74) is 0. The van der Waals surface area contributed by atoms with Crippen molar-refractivity contribution in [2.24, 2.45) is 0 Å². The van der Waals surface area contributed by atoms with E-state index >= 15 is 0 Å². The van der Waals surface area contributed by atoms with Gasteiger partial charge in [-0.25, -0.2) is 0 Å². The number of rotatable bonds is 7. The molecule has 0 amide bonds. The van der Waals surface area contributed by atoms with E-state index in [1.54, 1.807) is 0 Å². The first-order valence-corrected chi connectivity index (χ1v) is 4.21. The van der Waals surface area contributed by atoms with Crippen molar-refractivity contribution in [3.63, 3.8) is 0 Å². The van der Waals surface area contributed by atoms with Gasteiger partial charge in [0, 0.05) is 6.61 Å². The van der Waals surface area contributed by atoms with E-state index in [1.165, 1.54) is 0 Å². The molecule has 0 spiro atoms. The Morgan fingerprint density at radius 1 is 1.64 bits per heavy atom. The smallest absolute Gasteiger partial charge is 0.148 e. The van der Waals surface area contributed by atoms with Crippen molar-refractivity contribution >= 4 is 6.29 Å². The Balaban J connectivity index is 3.28. The monoisotopic (exact) mass is 157 g/mol. The van der Waals surface area contributed by atoms with Crippen molar-refractivity contribution < 1.29 is 9.53 Å². The molecule has 1 atom stereocenters. The number of carbonyl (C=O) groups is 1. The van der Waals surface area contributed by atoms with Crippen LogP contribution in [0.1, 0.15) is 32.6 Å². The summed E-state index contributed by atoms with van der Waals surface area (Å²) in [6.45, 7) is 6.46. The molecule has 0 saturated heterocycles. The molecule has 0 bridgehead atoms. The third-order valence-electron chi connectivity index (χ3n) is 1.47. The van der Waals surface area contributed by atoms with Crippen LogP contribution in [0, 0.1) is 6.92 Å². The van der Waals surface area contributed by atoms with Crippen LogP contribution in [-0.2, 0) is 9.53 Å². The first-order valence-electron chi connectivity index (χ1n) is 4.21. The summed E-state index contributed by atoms with van der Waals surface area (Å²) in [5, 5.41) is 0. The van der Waals surface area contributed by atoms with Crippen molar-refractivity contribution in [3.8, 4) is 0 Å². The summed E-state index contributed by atoms with van der Waals surface area (Å²) >= 11 is 0. The van der Waals surface area contributed by atoms with Crippen LogP contribution in [-0.4, -0.2) is 19.0 Å². The Morgan fingerprint density at radius 3 is 2.82 bits per heavy atom. The van der Waals surface area contributed by atoms with E-state index in [0.717, 1.165) is 32.0 Å². The summed E-state index contributed by atoms with van der Waals surface area (Å²) in [4.78, 5) is 10.3. The highest BCUT2D eigenvalue weighted by Crippen LogP contribution is 2.00. The summed E-state index contributed by atoms with van der Waals surface area (Å²) < 4.78 is 5.26. The van der Waals surface area contributed by atoms with Gasteiger partial charge in [0.15, 0.2) is 0 Å². The van der Waals surface area contributed by atoms with Gasteiger partial charge in [-0.3, -0.25) is 0 Å². The van der Waals surface area contributed by atoms with Gasteiger partial charge in [-0.1, -0.05) is 26.7 Å². The molecule has 0 rings (SSSR count). The maximum absolute atomic E-state index is 10.3. The molecule has 0 heterocycles. The van der Waals surface area contributed by atoms with Crippen molar-refractivity contribution in [2.75, 3.05) is 6.61 Å². The fourth-order valence-electron chi connectivity index (χ4n) is 0.771. The molecular weight excluding hydrogens is 140 g/mol. The zero-order valence-electron chi connectivity index (χ0n) is 7.21. The minimum Gasteiger partial charge on any atom is -0.371 e. The fraction of sp³-hybridized carbons (Fsp3) is 0.778. The van der Waals surface area contributed by atoms with E-state index in [4.69, 9.17) is 4.74 Å². The molecule has 0 aromatic heterocycles. The van der Waals surface area contributed by atoms with Crippen molar-refractivity contribution in [3.05, 3.63) is 6.92 Å². The topological polar surface area (TPSA) is 26.3 Å². The lowest BCUT2D eigenvalue weighted by Gasteiger charge is -2.09. The van der Waals surface area contributed by atoms with Crippen LogP contribution in [0.5, 0.6) is 0 Å². The SMILES string of the molecule is [CH2]CCC(C=O)OCCCC. The molecule has 0 saturated carbocycles. The highest BCUT2D eigenvalue weighted by molar-refractivity contribution is 5.55. The highest BCUT2D eigenvalue weighted by Gasteiger charge is 2.04.